The van der Waals surface area contributed by atoms with E-state index in [0.29, 0.717) is 17.3 Å². The zero-order valence-corrected chi connectivity index (χ0v) is 8.85. The molecular weight excluding hydrogens is 200 g/mol. The van der Waals surface area contributed by atoms with Crippen molar-refractivity contribution >= 4 is 17.5 Å². The molecule has 0 unspecified atom stereocenters. The van der Waals surface area contributed by atoms with Gasteiger partial charge in [0.15, 0.2) is 0 Å². The molecule has 1 aliphatic heterocycles. The van der Waals surface area contributed by atoms with E-state index in [4.69, 9.17) is 11.6 Å². The summed E-state index contributed by atoms with van der Waals surface area (Å²) in [5.41, 5.74) is 1.53. The molecule has 0 aliphatic carbocycles. The molecule has 0 saturated carbocycles. The number of amides is 1. The Hall–Kier alpha value is -1.09. The number of halogens is 1. The van der Waals surface area contributed by atoms with Crippen molar-refractivity contribution in [3.8, 4) is 0 Å². The van der Waals surface area contributed by atoms with Crippen molar-refractivity contribution in [1.82, 2.24) is 10.3 Å². The average molecular weight is 211 g/mol. The molecular formula is C10H11ClN2O. The summed E-state index contributed by atoms with van der Waals surface area (Å²) in [7, 11) is 0. The minimum Gasteiger partial charge on any atom is -0.351 e. The summed E-state index contributed by atoms with van der Waals surface area (Å²) in [6, 6.07) is 1.77. The minimum atomic E-state index is -0.0736. The van der Waals surface area contributed by atoms with Crippen molar-refractivity contribution < 1.29 is 4.79 Å². The molecule has 0 atom stereocenters. The fraction of sp³-hybridized carbons (Fsp3) is 0.400. The smallest absolute Gasteiger partial charge is 0.253 e. The maximum atomic E-state index is 11.5. The first-order valence-corrected chi connectivity index (χ1v) is 4.83. The van der Waals surface area contributed by atoms with Gasteiger partial charge in [0.1, 0.15) is 5.15 Å². The second kappa shape index (κ2) is 2.95. The molecule has 4 heteroatoms. The Kier molecular flexibility index (Phi) is 2.00. The van der Waals surface area contributed by atoms with Gasteiger partial charge in [-0.05, 0) is 11.6 Å². The summed E-state index contributed by atoms with van der Waals surface area (Å²) < 4.78 is 0. The summed E-state index contributed by atoms with van der Waals surface area (Å²) >= 11 is 5.81. The van der Waals surface area contributed by atoms with E-state index >= 15 is 0 Å². The van der Waals surface area contributed by atoms with E-state index in [-0.39, 0.29) is 11.3 Å². The van der Waals surface area contributed by atoms with Crippen LogP contribution < -0.4 is 5.32 Å². The van der Waals surface area contributed by atoms with Crippen molar-refractivity contribution in [2.24, 2.45) is 0 Å². The van der Waals surface area contributed by atoms with Gasteiger partial charge >= 0.3 is 0 Å². The molecule has 1 aromatic heterocycles. The Balaban J connectivity index is 2.64. The first kappa shape index (κ1) is 9.46. The third-order valence-corrected chi connectivity index (χ3v) is 2.74. The van der Waals surface area contributed by atoms with E-state index < -0.39 is 0 Å². The first-order valence-electron chi connectivity index (χ1n) is 4.45. The molecule has 1 N–H and O–H groups in total. The van der Waals surface area contributed by atoms with Crippen LogP contribution in [-0.4, -0.2) is 17.4 Å². The number of rotatable bonds is 0. The molecule has 2 rings (SSSR count). The van der Waals surface area contributed by atoms with Crippen LogP contribution in [0.2, 0.25) is 5.15 Å². The molecule has 0 fully saturated rings. The molecule has 0 bridgehead atoms. The highest BCUT2D eigenvalue weighted by atomic mass is 35.5. The Morgan fingerprint density at radius 3 is 3.00 bits per heavy atom. The van der Waals surface area contributed by atoms with Crippen LogP contribution in [0.3, 0.4) is 0 Å². The number of carbonyl (C=O) groups is 1. The summed E-state index contributed by atoms with van der Waals surface area (Å²) in [4.78, 5) is 15.4. The Morgan fingerprint density at radius 1 is 1.57 bits per heavy atom. The van der Waals surface area contributed by atoms with Crippen molar-refractivity contribution in [2.45, 2.75) is 19.3 Å². The Labute approximate surface area is 87.5 Å². The zero-order valence-electron chi connectivity index (χ0n) is 8.10. The molecule has 0 saturated heterocycles. The van der Waals surface area contributed by atoms with E-state index in [1.165, 1.54) is 6.20 Å². The van der Waals surface area contributed by atoms with Crippen LogP contribution in [0.4, 0.5) is 0 Å². The maximum Gasteiger partial charge on any atom is 0.253 e. The van der Waals surface area contributed by atoms with Gasteiger partial charge in [-0.3, -0.25) is 4.79 Å². The molecule has 1 aromatic rings. The van der Waals surface area contributed by atoms with Gasteiger partial charge in [-0.1, -0.05) is 25.4 Å². The quantitative estimate of drug-likeness (QED) is 0.663. The molecule has 1 amide bonds. The topological polar surface area (TPSA) is 42.0 Å². The highest BCUT2D eigenvalue weighted by Gasteiger charge is 2.31. The fourth-order valence-electron chi connectivity index (χ4n) is 1.66. The van der Waals surface area contributed by atoms with Crippen molar-refractivity contribution in [3.63, 3.8) is 0 Å². The average Bonchev–Trinajstić information content (AvgIpc) is 2.12. The monoisotopic (exact) mass is 210 g/mol. The van der Waals surface area contributed by atoms with E-state index in [1.54, 1.807) is 6.07 Å². The number of pyridine rings is 1. The molecule has 0 aromatic carbocycles. The van der Waals surface area contributed by atoms with Crippen LogP contribution >= 0.6 is 11.6 Å². The number of nitrogens with one attached hydrogen (secondary N) is 1. The highest BCUT2D eigenvalue weighted by molar-refractivity contribution is 6.29. The van der Waals surface area contributed by atoms with Crippen molar-refractivity contribution in [1.29, 1.82) is 0 Å². The van der Waals surface area contributed by atoms with Gasteiger partial charge in [0.2, 0.25) is 0 Å². The number of fused-ring (bicyclic) bond motifs is 1. The third kappa shape index (κ3) is 1.38. The molecule has 0 radical (unpaired) electrons. The lowest BCUT2D eigenvalue weighted by Gasteiger charge is -2.32. The van der Waals surface area contributed by atoms with E-state index in [2.05, 4.69) is 24.1 Å². The number of aromatic nitrogens is 1. The number of carbonyl (C=O) groups excluding carboxylic acids is 1. The molecule has 2 heterocycles. The number of nitrogens with zero attached hydrogens (tertiary/aromatic N) is 1. The molecule has 74 valence electrons. The fourth-order valence-corrected chi connectivity index (χ4v) is 1.82. The lowest BCUT2D eigenvalue weighted by Crippen LogP contribution is -2.43. The number of hydrogen-bond donors (Lipinski definition) is 1. The predicted molar refractivity (Wildman–Crippen MR) is 54.6 cm³/mol. The van der Waals surface area contributed by atoms with Crippen LogP contribution in [0, 0.1) is 0 Å². The van der Waals surface area contributed by atoms with Crippen LogP contribution in [0.1, 0.15) is 29.8 Å². The van der Waals surface area contributed by atoms with Gasteiger partial charge in [-0.25, -0.2) is 4.98 Å². The molecule has 3 nitrogen and oxygen atoms in total. The standard InChI is InChI=1S/C10H11ClN2O/c1-10(2)5-13-9(14)6-4-12-8(11)3-7(6)10/h3-4H,5H2,1-2H3,(H,13,14). The second-order valence-electron chi connectivity index (χ2n) is 4.12. The van der Waals surface area contributed by atoms with Gasteiger partial charge in [-0.2, -0.15) is 0 Å². The predicted octanol–water partition coefficient (Wildman–Crippen LogP) is 1.76. The molecule has 14 heavy (non-hydrogen) atoms. The van der Waals surface area contributed by atoms with E-state index in [9.17, 15) is 4.79 Å². The van der Waals surface area contributed by atoms with Gasteiger partial charge in [0, 0.05) is 18.2 Å². The maximum absolute atomic E-state index is 11.5. The second-order valence-corrected chi connectivity index (χ2v) is 4.51. The SMILES string of the molecule is CC1(C)CNC(=O)c2cnc(Cl)cc21. The van der Waals surface area contributed by atoms with E-state index in [1.807, 2.05) is 0 Å². The summed E-state index contributed by atoms with van der Waals surface area (Å²) in [5.74, 6) is -0.0662. The third-order valence-electron chi connectivity index (χ3n) is 2.54. The van der Waals surface area contributed by atoms with Gasteiger partial charge in [0.25, 0.3) is 5.91 Å². The van der Waals surface area contributed by atoms with Gasteiger partial charge < -0.3 is 5.32 Å². The van der Waals surface area contributed by atoms with Gasteiger partial charge in [0.05, 0.1) is 5.56 Å². The summed E-state index contributed by atoms with van der Waals surface area (Å²) in [6.45, 7) is 4.78. The molecule has 1 aliphatic rings. The summed E-state index contributed by atoms with van der Waals surface area (Å²) in [6.07, 6.45) is 1.54. The minimum absolute atomic E-state index is 0.0662. The largest absolute Gasteiger partial charge is 0.351 e. The first-order chi connectivity index (χ1) is 6.50. The normalized spacial score (nSPS) is 18.6. The number of hydrogen-bond acceptors (Lipinski definition) is 2. The van der Waals surface area contributed by atoms with Gasteiger partial charge in [-0.15, -0.1) is 0 Å². The van der Waals surface area contributed by atoms with Crippen molar-refractivity contribution in [2.75, 3.05) is 6.54 Å². The van der Waals surface area contributed by atoms with Crippen LogP contribution in [-0.2, 0) is 5.41 Å². The molecule has 0 spiro atoms. The highest BCUT2D eigenvalue weighted by Crippen LogP contribution is 2.30. The van der Waals surface area contributed by atoms with E-state index in [0.717, 1.165) is 5.56 Å². The zero-order chi connectivity index (χ0) is 10.3. The van der Waals surface area contributed by atoms with Crippen LogP contribution in [0.5, 0.6) is 0 Å². The van der Waals surface area contributed by atoms with Crippen LogP contribution in [0.25, 0.3) is 0 Å². The van der Waals surface area contributed by atoms with Crippen LogP contribution in [0.15, 0.2) is 12.3 Å². The van der Waals surface area contributed by atoms with Crippen molar-refractivity contribution in [3.05, 3.63) is 28.5 Å². The lowest BCUT2D eigenvalue weighted by molar-refractivity contribution is 0.0929. The Bertz CT molecular complexity index is 401. The summed E-state index contributed by atoms with van der Waals surface area (Å²) in [5, 5.41) is 3.26. The lowest BCUT2D eigenvalue weighted by atomic mass is 9.80. The Morgan fingerprint density at radius 2 is 2.29 bits per heavy atom.